The lowest BCUT2D eigenvalue weighted by atomic mass is 9.67. The third kappa shape index (κ3) is 2.61. The van der Waals surface area contributed by atoms with Gasteiger partial charge in [-0.1, -0.05) is 59.7 Å². The van der Waals surface area contributed by atoms with Gasteiger partial charge in [0.05, 0.1) is 16.8 Å². The molecule has 0 heterocycles. The zero-order valence-electron chi connectivity index (χ0n) is 17.5. The molecule has 154 valence electrons. The highest BCUT2D eigenvalue weighted by Crippen LogP contribution is 2.57. The zero-order valence-corrected chi connectivity index (χ0v) is 17.5. The molecule has 4 nitrogen and oxygen atoms in total. The summed E-state index contributed by atoms with van der Waals surface area (Å²) in [6.45, 7) is 4.16. The Kier molecular flexibility index (Phi) is 4.02. The second kappa shape index (κ2) is 6.54. The quantitative estimate of drug-likeness (QED) is 0.237. The molecule has 0 atom stereocenters. The number of fused-ring (bicyclic) bond motifs is 3. The Bertz CT molecular complexity index is 1250. The van der Waals surface area contributed by atoms with Crippen LogP contribution in [0.1, 0.15) is 33.4 Å². The molecule has 0 saturated carbocycles. The SMILES string of the molecule is Cc1ccc2c(c1)C(c1ccc(O)c(N)c1)(c1ccc(O)c(N)c1)c1cc(C)ccc1-2. The standard InChI is InChI=1S/C27H24N2O2/c1-15-3-7-19-20-8-4-16(2)12-22(20)27(21(19)11-15,17-5-9-25(30)23(28)13-17)18-6-10-26(31)24(29)14-18/h3-14,30-31H,28-29H2,1-2H3. The van der Waals surface area contributed by atoms with Gasteiger partial charge in [-0.05, 0) is 71.5 Å². The summed E-state index contributed by atoms with van der Waals surface area (Å²) in [5.74, 6) is 0.104. The van der Waals surface area contributed by atoms with Gasteiger partial charge in [-0.15, -0.1) is 0 Å². The maximum Gasteiger partial charge on any atom is 0.138 e. The third-order valence-corrected chi connectivity index (χ3v) is 6.37. The average Bonchev–Trinajstić information content (AvgIpc) is 3.01. The number of anilines is 2. The fourth-order valence-electron chi connectivity index (χ4n) is 4.92. The fourth-order valence-corrected chi connectivity index (χ4v) is 4.92. The summed E-state index contributed by atoms with van der Waals surface area (Å²) in [5, 5.41) is 20.2. The second-order valence-electron chi connectivity index (χ2n) is 8.40. The first-order chi connectivity index (χ1) is 14.8. The predicted molar refractivity (Wildman–Crippen MR) is 125 cm³/mol. The first kappa shape index (κ1) is 19.1. The van der Waals surface area contributed by atoms with Crippen LogP contribution in [0.5, 0.6) is 11.5 Å². The molecule has 0 aromatic heterocycles. The number of aryl methyl sites for hydroxylation is 2. The van der Waals surface area contributed by atoms with Gasteiger partial charge in [-0.25, -0.2) is 0 Å². The normalized spacial score (nSPS) is 13.6. The smallest absolute Gasteiger partial charge is 0.138 e. The molecular formula is C27H24N2O2. The Morgan fingerprint density at radius 1 is 0.581 bits per heavy atom. The van der Waals surface area contributed by atoms with Crippen LogP contribution in [0.3, 0.4) is 0 Å². The highest BCUT2D eigenvalue weighted by atomic mass is 16.3. The van der Waals surface area contributed by atoms with Crippen molar-refractivity contribution in [2.24, 2.45) is 0 Å². The summed E-state index contributed by atoms with van der Waals surface area (Å²) >= 11 is 0. The number of hydrogen-bond acceptors (Lipinski definition) is 4. The lowest BCUT2D eigenvalue weighted by Crippen LogP contribution is -2.29. The Morgan fingerprint density at radius 3 is 1.39 bits per heavy atom. The molecule has 0 spiro atoms. The summed E-state index contributed by atoms with van der Waals surface area (Å²) in [7, 11) is 0. The summed E-state index contributed by atoms with van der Waals surface area (Å²) in [6, 6.07) is 23.7. The van der Waals surface area contributed by atoms with Crippen molar-refractivity contribution in [3.63, 3.8) is 0 Å². The Morgan fingerprint density at radius 2 is 1.00 bits per heavy atom. The van der Waals surface area contributed by atoms with E-state index >= 15 is 0 Å². The summed E-state index contributed by atoms with van der Waals surface area (Å²) in [4.78, 5) is 0. The number of benzene rings is 4. The van der Waals surface area contributed by atoms with Crippen LogP contribution >= 0.6 is 0 Å². The largest absolute Gasteiger partial charge is 0.506 e. The molecule has 4 aromatic carbocycles. The van der Waals surface area contributed by atoms with E-state index in [9.17, 15) is 10.2 Å². The minimum atomic E-state index is -0.688. The molecule has 0 fully saturated rings. The molecule has 0 aliphatic heterocycles. The van der Waals surface area contributed by atoms with Crippen molar-refractivity contribution in [2.75, 3.05) is 11.5 Å². The van der Waals surface area contributed by atoms with E-state index in [0.29, 0.717) is 11.4 Å². The molecule has 31 heavy (non-hydrogen) atoms. The average molecular weight is 409 g/mol. The van der Waals surface area contributed by atoms with Gasteiger partial charge in [0.25, 0.3) is 0 Å². The number of aromatic hydroxyl groups is 2. The lowest BCUT2D eigenvalue weighted by molar-refractivity contribution is 0.477. The van der Waals surface area contributed by atoms with E-state index < -0.39 is 5.41 Å². The highest BCUT2D eigenvalue weighted by molar-refractivity contribution is 5.87. The van der Waals surface area contributed by atoms with Crippen LogP contribution in [0.4, 0.5) is 11.4 Å². The topological polar surface area (TPSA) is 92.5 Å². The van der Waals surface area contributed by atoms with Crippen LogP contribution in [-0.2, 0) is 5.41 Å². The van der Waals surface area contributed by atoms with E-state index in [1.54, 1.807) is 12.1 Å². The molecule has 4 aromatic rings. The number of nitrogen functional groups attached to an aromatic ring is 2. The first-order valence-corrected chi connectivity index (χ1v) is 10.2. The molecule has 5 rings (SSSR count). The minimum Gasteiger partial charge on any atom is -0.506 e. The molecule has 6 N–H and O–H groups in total. The predicted octanol–water partition coefficient (Wildman–Crippen LogP) is 5.24. The summed E-state index contributed by atoms with van der Waals surface area (Å²) < 4.78 is 0. The van der Waals surface area contributed by atoms with Crippen LogP contribution in [0.2, 0.25) is 0 Å². The van der Waals surface area contributed by atoms with Gasteiger partial charge in [0.15, 0.2) is 0 Å². The van der Waals surface area contributed by atoms with Crippen LogP contribution in [0.25, 0.3) is 11.1 Å². The molecule has 0 unspecified atom stereocenters. The molecule has 0 bridgehead atoms. The Labute approximate surface area is 181 Å². The zero-order chi connectivity index (χ0) is 21.9. The first-order valence-electron chi connectivity index (χ1n) is 10.2. The maximum absolute atomic E-state index is 10.1. The van der Waals surface area contributed by atoms with Crippen molar-refractivity contribution >= 4 is 11.4 Å². The van der Waals surface area contributed by atoms with Gasteiger partial charge in [-0.3, -0.25) is 0 Å². The molecule has 0 radical (unpaired) electrons. The number of nitrogens with two attached hydrogens (primary N) is 2. The van der Waals surface area contributed by atoms with Crippen molar-refractivity contribution in [3.8, 4) is 22.6 Å². The van der Waals surface area contributed by atoms with Crippen LogP contribution in [0, 0.1) is 13.8 Å². The molecule has 0 saturated heterocycles. The molecule has 0 amide bonds. The van der Waals surface area contributed by atoms with E-state index in [2.05, 4.69) is 50.2 Å². The third-order valence-electron chi connectivity index (χ3n) is 6.37. The van der Waals surface area contributed by atoms with Gasteiger partial charge >= 0.3 is 0 Å². The van der Waals surface area contributed by atoms with Crippen molar-refractivity contribution < 1.29 is 10.2 Å². The molecule has 1 aliphatic rings. The van der Waals surface area contributed by atoms with Crippen LogP contribution in [-0.4, -0.2) is 10.2 Å². The van der Waals surface area contributed by atoms with Gasteiger partial charge in [-0.2, -0.15) is 0 Å². The molecular weight excluding hydrogens is 384 g/mol. The van der Waals surface area contributed by atoms with E-state index in [4.69, 9.17) is 11.5 Å². The fraction of sp³-hybridized carbons (Fsp3) is 0.111. The van der Waals surface area contributed by atoms with E-state index in [1.807, 2.05) is 24.3 Å². The Balaban J connectivity index is 2.00. The van der Waals surface area contributed by atoms with Crippen molar-refractivity contribution in [2.45, 2.75) is 19.3 Å². The molecule has 1 aliphatic carbocycles. The van der Waals surface area contributed by atoms with E-state index in [0.717, 1.165) is 44.5 Å². The van der Waals surface area contributed by atoms with Gasteiger partial charge in [0.2, 0.25) is 0 Å². The summed E-state index contributed by atoms with van der Waals surface area (Å²) in [6.07, 6.45) is 0. The number of phenolic OH excluding ortho intramolecular Hbond substituents is 2. The van der Waals surface area contributed by atoms with Gasteiger partial charge in [0.1, 0.15) is 11.5 Å². The number of hydrogen-bond donors (Lipinski definition) is 4. The van der Waals surface area contributed by atoms with Crippen LogP contribution < -0.4 is 11.5 Å². The van der Waals surface area contributed by atoms with Crippen molar-refractivity contribution in [1.29, 1.82) is 0 Å². The lowest BCUT2D eigenvalue weighted by Gasteiger charge is -2.34. The second-order valence-corrected chi connectivity index (χ2v) is 8.40. The summed E-state index contributed by atoms with van der Waals surface area (Å²) in [5.41, 5.74) is 21.0. The minimum absolute atomic E-state index is 0.0519. The van der Waals surface area contributed by atoms with E-state index in [-0.39, 0.29) is 11.5 Å². The van der Waals surface area contributed by atoms with E-state index in [1.165, 1.54) is 0 Å². The highest BCUT2D eigenvalue weighted by Gasteiger charge is 2.46. The van der Waals surface area contributed by atoms with Crippen molar-refractivity contribution in [1.82, 2.24) is 0 Å². The number of phenols is 2. The Hall–Kier alpha value is -3.92. The maximum atomic E-state index is 10.1. The van der Waals surface area contributed by atoms with Gasteiger partial charge in [0, 0.05) is 0 Å². The number of rotatable bonds is 2. The molecule has 4 heteroatoms. The monoisotopic (exact) mass is 408 g/mol. The van der Waals surface area contributed by atoms with Crippen molar-refractivity contribution in [3.05, 3.63) is 106 Å². The van der Waals surface area contributed by atoms with Gasteiger partial charge < -0.3 is 21.7 Å². The van der Waals surface area contributed by atoms with Crippen LogP contribution in [0.15, 0.2) is 72.8 Å².